The van der Waals surface area contributed by atoms with Crippen LogP contribution < -0.4 is 9.57 Å². The summed E-state index contributed by atoms with van der Waals surface area (Å²) >= 11 is 0. The average Bonchev–Trinajstić information content (AvgIpc) is 3.30. The molecule has 0 N–H and O–H groups in total. The van der Waals surface area contributed by atoms with Crippen molar-refractivity contribution in [2.45, 2.75) is 13.5 Å². The number of carbonyl (C=O) groups excluding carboxylic acids is 1. The third-order valence-corrected chi connectivity index (χ3v) is 4.01. The maximum Gasteiger partial charge on any atom is 0.247 e. The van der Waals surface area contributed by atoms with Crippen molar-refractivity contribution in [3.8, 4) is 23.1 Å². The Morgan fingerprint density at radius 2 is 1.79 bits per heavy atom. The number of oxazole rings is 1. The minimum atomic E-state index is 0.116. The maximum absolute atomic E-state index is 11.3. The van der Waals surface area contributed by atoms with Crippen molar-refractivity contribution in [1.29, 1.82) is 0 Å². The van der Waals surface area contributed by atoms with Gasteiger partial charge in [0.2, 0.25) is 11.8 Å². The predicted molar refractivity (Wildman–Crippen MR) is 101 cm³/mol. The van der Waals surface area contributed by atoms with Gasteiger partial charge in [0.25, 0.3) is 0 Å². The molecule has 140 valence electrons. The van der Waals surface area contributed by atoms with Gasteiger partial charge in [0, 0.05) is 5.56 Å². The number of aryl methyl sites for hydroxylation is 1. The van der Waals surface area contributed by atoms with Gasteiger partial charge in [-0.2, -0.15) is 0 Å². The Hall–Kier alpha value is -3.87. The Kier molecular flexibility index (Phi) is 4.88. The fourth-order valence-electron chi connectivity index (χ4n) is 2.58. The lowest BCUT2D eigenvalue weighted by Crippen LogP contribution is -2.06. The molecule has 0 unspecified atom stereocenters. The molecule has 0 spiro atoms. The molecule has 7 nitrogen and oxygen atoms in total. The van der Waals surface area contributed by atoms with Gasteiger partial charge in [0.05, 0.1) is 11.8 Å². The van der Waals surface area contributed by atoms with Gasteiger partial charge in [-0.1, -0.05) is 46.3 Å². The van der Waals surface area contributed by atoms with E-state index < -0.39 is 0 Å². The largest absolute Gasteiger partial charge is 0.469 e. The van der Waals surface area contributed by atoms with Gasteiger partial charge in [-0.05, 0) is 31.2 Å². The van der Waals surface area contributed by atoms with Crippen LogP contribution in [0, 0.1) is 6.92 Å². The first-order valence-corrected chi connectivity index (χ1v) is 8.65. The van der Waals surface area contributed by atoms with Gasteiger partial charge in [-0.3, -0.25) is 4.79 Å². The van der Waals surface area contributed by atoms with E-state index in [0.29, 0.717) is 29.4 Å². The van der Waals surface area contributed by atoms with Crippen molar-refractivity contribution < 1.29 is 18.8 Å². The summed E-state index contributed by atoms with van der Waals surface area (Å²) in [5.74, 6) is 1.92. The number of aldehydes is 1. The second kappa shape index (κ2) is 7.79. The van der Waals surface area contributed by atoms with Gasteiger partial charge in [-0.25, -0.2) is 4.98 Å². The molecule has 7 heteroatoms. The molecule has 2 heterocycles. The fourth-order valence-corrected chi connectivity index (χ4v) is 2.58. The van der Waals surface area contributed by atoms with Gasteiger partial charge in [-0.15, -0.1) is 0 Å². The maximum atomic E-state index is 11.3. The van der Waals surface area contributed by atoms with E-state index >= 15 is 0 Å². The summed E-state index contributed by atoms with van der Waals surface area (Å²) in [4.78, 5) is 22.6. The van der Waals surface area contributed by atoms with Gasteiger partial charge in [0.1, 0.15) is 18.1 Å². The Morgan fingerprint density at radius 1 is 1.07 bits per heavy atom. The molecule has 2 aromatic carbocycles. The molecule has 0 bridgehead atoms. The molecule has 2 aromatic heterocycles. The Bertz CT molecular complexity index is 1070. The van der Waals surface area contributed by atoms with Crippen LogP contribution in [0.25, 0.3) is 11.5 Å². The molecular formula is C21H17N3O4. The SMILES string of the molecule is Cc1oc(-c2ccccc2)nc1COc1nn(Oc2ccccc2)cc1C=O. The number of nitrogens with zero attached hydrogens (tertiary/aromatic N) is 3. The summed E-state index contributed by atoms with van der Waals surface area (Å²) in [7, 11) is 0. The molecule has 0 amide bonds. The first-order chi connectivity index (χ1) is 13.7. The standard InChI is InChI=1S/C21H17N3O4/c1-15-19(22-20(27-15)16-8-4-2-5-9-16)14-26-21-17(13-25)12-24(23-21)28-18-10-6-3-7-11-18/h2-13H,14H2,1H3. The van der Waals surface area contributed by atoms with Gasteiger partial charge in [0.15, 0.2) is 12.0 Å². The molecule has 0 aliphatic rings. The molecule has 0 aliphatic heterocycles. The zero-order chi connectivity index (χ0) is 19.3. The van der Waals surface area contributed by atoms with Crippen LogP contribution in [0.5, 0.6) is 11.6 Å². The van der Waals surface area contributed by atoms with Crippen LogP contribution >= 0.6 is 0 Å². The number of aromatic nitrogens is 3. The van der Waals surface area contributed by atoms with E-state index in [4.69, 9.17) is 14.0 Å². The summed E-state index contributed by atoms with van der Waals surface area (Å²) in [6.45, 7) is 1.93. The molecule has 28 heavy (non-hydrogen) atoms. The molecular weight excluding hydrogens is 358 g/mol. The Balaban J connectivity index is 1.49. The first kappa shape index (κ1) is 17.5. The third kappa shape index (κ3) is 3.78. The monoisotopic (exact) mass is 375 g/mol. The van der Waals surface area contributed by atoms with Crippen LogP contribution in [0.2, 0.25) is 0 Å². The van der Waals surface area contributed by atoms with E-state index in [2.05, 4.69) is 10.1 Å². The minimum absolute atomic E-state index is 0.116. The topological polar surface area (TPSA) is 79.4 Å². The summed E-state index contributed by atoms with van der Waals surface area (Å²) in [6.07, 6.45) is 2.12. The predicted octanol–water partition coefficient (Wildman–Crippen LogP) is 4.08. The first-order valence-electron chi connectivity index (χ1n) is 8.65. The van der Waals surface area contributed by atoms with E-state index in [1.807, 2.05) is 55.5 Å². The minimum Gasteiger partial charge on any atom is -0.469 e. The normalized spacial score (nSPS) is 10.6. The summed E-state index contributed by atoms with van der Waals surface area (Å²) in [5, 5.41) is 4.17. The van der Waals surface area contributed by atoms with Crippen LogP contribution in [0.1, 0.15) is 21.8 Å². The summed E-state index contributed by atoms with van der Waals surface area (Å²) < 4.78 is 11.4. The lowest BCUT2D eigenvalue weighted by Gasteiger charge is -2.03. The van der Waals surface area contributed by atoms with E-state index in [0.717, 1.165) is 5.56 Å². The second-order valence-electron chi connectivity index (χ2n) is 5.99. The molecule has 0 aliphatic carbocycles. The average molecular weight is 375 g/mol. The number of rotatable bonds is 7. The molecule has 0 saturated heterocycles. The van der Waals surface area contributed by atoms with Crippen LogP contribution in [0.4, 0.5) is 0 Å². The van der Waals surface area contributed by atoms with Crippen molar-refractivity contribution in [1.82, 2.24) is 14.9 Å². The van der Waals surface area contributed by atoms with Crippen LogP contribution in [-0.4, -0.2) is 21.2 Å². The highest BCUT2D eigenvalue weighted by atomic mass is 16.7. The molecule has 0 fully saturated rings. The van der Waals surface area contributed by atoms with Crippen molar-refractivity contribution >= 4 is 6.29 Å². The van der Waals surface area contributed by atoms with E-state index in [1.165, 1.54) is 11.0 Å². The Labute approximate surface area is 161 Å². The van der Waals surface area contributed by atoms with E-state index in [1.54, 1.807) is 12.1 Å². The summed E-state index contributed by atoms with van der Waals surface area (Å²) in [6, 6.07) is 18.7. The fraction of sp³-hybridized carbons (Fsp3) is 0.0952. The zero-order valence-electron chi connectivity index (χ0n) is 15.1. The van der Waals surface area contributed by atoms with E-state index in [9.17, 15) is 4.79 Å². The number of carbonyl (C=O) groups is 1. The van der Waals surface area contributed by atoms with Crippen molar-refractivity contribution in [3.05, 3.63) is 83.9 Å². The number of para-hydroxylation sites is 1. The van der Waals surface area contributed by atoms with Crippen molar-refractivity contribution in [3.63, 3.8) is 0 Å². The van der Waals surface area contributed by atoms with E-state index in [-0.39, 0.29) is 18.1 Å². The lowest BCUT2D eigenvalue weighted by atomic mass is 10.2. The second-order valence-corrected chi connectivity index (χ2v) is 5.99. The molecule has 0 atom stereocenters. The van der Waals surface area contributed by atoms with Gasteiger partial charge < -0.3 is 14.0 Å². The quantitative estimate of drug-likeness (QED) is 0.453. The number of benzene rings is 2. The highest BCUT2D eigenvalue weighted by molar-refractivity contribution is 5.77. The highest BCUT2D eigenvalue weighted by Crippen LogP contribution is 2.23. The van der Waals surface area contributed by atoms with Gasteiger partial charge >= 0.3 is 0 Å². The van der Waals surface area contributed by atoms with Crippen molar-refractivity contribution in [2.75, 3.05) is 0 Å². The number of ether oxygens (including phenoxy) is 1. The zero-order valence-corrected chi connectivity index (χ0v) is 15.1. The molecule has 4 rings (SSSR count). The lowest BCUT2D eigenvalue weighted by molar-refractivity contribution is 0.111. The van der Waals surface area contributed by atoms with Crippen LogP contribution in [-0.2, 0) is 6.61 Å². The van der Waals surface area contributed by atoms with Crippen LogP contribution in [0.15, 0.2) is 71.3 Å². The Morgan fingerprint density at radius 3 is 2.50 bits per heavy atom. The molecule has 0 radical (unpaired) electrons. The third-order valence-electron chi connectivity index (χ3n) is 4.01. The molecule has 4 aromatic rings. The number of hydrogen-bond donors (Lipinski definition) is 0. The highest BCUT2D eigenvalue weighted by Gasteiger charge is 2.15. The number of hydrogen-bond acceptors (Lipinski definition) is 6. The molecule has 0 saturated carbocycles. The summed E-state index contributed by atoms with van der Waals surface area (Å²) in [5.41, 5.74) is 1.79. The van der Waals surface area contributed by atoms with Crippen molar-refractivity contribution in [2.24, 2.45) is 0 Å². The van der Waals surface area contributed by atoms with Crippen LogP contribution in [0.3, 0.4) is 0 Å². The smallest absolute Gasteiger partial charge is 0.247 e.